The number of nitrogens with two attached hydrogens (primary N) is 1. The van der Waals surface area contributed by atoms with Gasteiger partial charge in [-0.05, 0) is 12.1 Å². The van der Waals surface area contributed by atoms with Gasteiger partial charge in [-0.1, -0.05) is 5.21 Å². The van der Waals surface area contributed by atoms with Crippen molar-refractivity contribution in [2.45, 2.75) is 0 Å². The van der Waals surface area contributed by atoms with Crippen LogP contribution in [0.3, 0.4) is 0 Å². The molecule has 0 aromatic carbocycles. The molecule has 0 fully saturated rings. The monoisotopic (exact) mass is 203 g/mol. The van der Waals surface area contributed by atoms with Crippen molar-refractivity contribution in [3.05, 3.63) is 35.9 Å². The minimum atomic E-state index is -0.220. The highest BCUT2D eigenvalue weighted by molar-refractivity contribution is 6.06. The molecular formula is C9H9N5O. The van der Waals surface area contributed by atoms with Gasteiger partial charge in [-0.3, -0.25) is 9.78 Å². The number of carbonyl (C=O) groups excluding carboxylic acids is 1. The Morgan fingerprint density at radius 3 is 2.73 bits per heavy atom. The molecule has 0 saturated carbocycles. The average molecular weight is 203 g/mol. The number of nitrogens with zero attached hydrogens (tertiary/aromatic N) is 4. The number of ketones is 1. The molecule has 15 heavy (non-hydrogen) atoms. The lowest BCUT2D eigenvalue weighted by molar-refractivity contribution is 0.102. The molecule has 2 N–H and O–H groups in total. The van der Waals surface area contributed by atoms with Crippen LogP contribution in [0.1, 0.15) is 16.2 Å². The van der Waals surface area contributed by atoms with Crippen LogP contribution in [0.25, 0.3) is 0 Å². The smallest absolute Gasteiger partial charge is 0.230 e. The number of carbonyl (C=O) groups is 1. The summed E-state index contributed by atoms with van der Waals surface area (Å²) >= 11 is 0. The largest absolute Gasteiger partial charge is 0.397 e. The molecule has 0 saturated heterocycles. The standard InChI is InChI=1S/C9H9N5O/c1-14-8(5-12-13-14)9(15)7-3-2-6(10)4-11-7/h2-5H,10H2,1H3. The summed E-state index contributed by atoms with van der Waals surface area (Å²) in [5, 5.41) is 7.30. The van der Waals surface area contributed by atoms with Crippen LogP contribution < -0.4 is 5.73 Å². The molecule has 76 valence electrons. The third kappa shape index (κ3) is 1.69. The van der Waals surface area contributed by atoms with Crippen molar-refractivity contribution in [2.75, 3.05) is 5.73 Å². The van der Waals surface area contributed by atoms with Gasteiger partial charge in [0.05, 0.1) is 18.1 Å². The summed E-state index contributed by atoms with van der Waals surface area (Å²) in [6.45, 7) is 0. The molecule has 2 aromatic heterocycles. The van der Waals surface area contributed by atoms with Crippen molar-refractivity contribution >= 4 is 11.5 Å². The number of anilines is 1. The maximum absolute atomic E-state index is 11.8. The normalized spacial score (nSPS) is 10.2. The van der Waals surface area contributed by atoms with Crippen LogP contribution >= 0.6 is 0 Å². The lowest BCUT2D eigenvalue weighted by Crippen LogP contribution is -2.09. The molecule has 0 unspecified atom stereocenters. The number of pyridine rings is 1. The second-order valence-corrected chi connectivity index (χ2v) is 3.05. The molecule has 0 aliphatic carbocycles. The molecule has 2 rings (SSSR count). The van der Waals surface area contributed by atoms with Gasteiger partial charge in [0.15, 0.2) is 0 Å². The Bertz CT molecular complexity index is 487. The van der Waals surface area contributed by atoms with Gasteiger partial charge in [0.2, 0.25) is 5.78 Å². The molecule has 2 aromatic rings. The number of hydrogen-bond donors (Lipinski definition) is 1. The first-order chi connectivity index (χ1) is 7.18. The van der Waals surface area contributed by atoms with E-state index in [2.05, 4.69) is 15.3 Å². The van der Waals surface area contributed by atoms with E-state index < -0.39 is 0 Å². The predicted molar refractivity (Wildman–Crippen MR) is 53.1 cm³/mol. The highest BCUT2D eigenvalue weighted by atomic mass is 16.1. The lowest BCUT2D eigenvalue weighted by atomic mass is 10.2. The maximum Gasteiger partial charge on any atom is 0.230 e. The van der Waals surface area contributed by atoms with Crippen molar-refractivity contribution in [3.63, 3.8) is 0 Å². The second kappa shape index (κ2) is 3.49. The van der Waals surface area contributed by atoms with Gasteiger partial charge >= 0.3 is 0 Å². The molecule has 6 nitrogen and oxygen atoms in total. The Morgan fingerprint density at radius 1 is 1.40 bits per heavy atom. The van der Waals surface area contributed by atoms with Gasteiger partial charge in [-0.15, -0.1) is 5.10 Å². The van der Waals surface area contributed by atoms with Gasteiger partial charge in [0, 0.05) is 7.05 Å². The van der Waals surface area contributed by atoms with Crippen LogP contribution in [0.2, 0.25) is 0 Å². The Hall–Kier alpha value is -2.24. The summed E-state index contributed by atoms with van der Waals surface area (Å²) in [7, 11) is 1.65. The van der Waals surface area contributed by atoms with Gasteiger partial charge in [-0.25, -0.2) is 4.68 Å². The van der Waals surface area contributed by atoms with E-state index in [1.54, 1.807) is 19.2 Å². The van der Waals surface area contributed by atoms with E-state index in [9.17, 15) is 4.79 Å². The fourth-order valence-electron chi connectivity index (χ4n) is 1.17. The van der Waals surface area contributed by atoms with Crippen molar-refractivity contribution in [1.82, 2.24) is 20.0 Å². The Morgan fingerprint density at radius 2 is 2.20 bits per heavy atom. The van der Waals surface area contributed by atoms with Crippen LogP contribution in [0.4, 0.5) is 5.69 Å². The maximum atomic E-state index is 11.8. The van der Waals surface area contributed by atoms with E-state index in [0.29, 0.717) is 17.1 Å². The van der Waals surface area contributed by atoms with Crippen LogP contribution in [0.5, 0.6) is 0 Å². The fourth-order valence-corrected chi connectivity index (χ4v) is 1.17. The molecule has 0 spiro atoms. The average Bonchev–Trinajstić information content (AvgIpc) is 2.65. The number of rotatable bonds is 2. The second-order valence-electron chi connectivity index (χ2n) is 3.05. The van der Waals surface area contributed by atoms with Crippen LogP contribution in [-0.4, -0.2) is 25.8 Å². The van der Waals surface area contributed by atoms with E-state index in [0.717, 1.165) is 0 Å². The lowest BCUT2D eigenvalue weighted by Gasteiger charge is -1.99. The van der Waals surface area contributed by atoms with E-state index >= 15 is 0 Å². The number of hydrogen-bond acceptors (Lipinski definition) is 5. The SMILES string of the molecule is Cn1nncc1C(=O)c1ccc(N)cn1. The van der Waals surface area contributed by atoms with Gasteiger partial charge in [-0.2, -0.15) is 0 Å². The molecule has 6 heteroatoms. The fraction of sp³-hybridized carbons (Fsp3) is 0.111. The van der Waals surface area contributed by atoms with Crippen molar-refractivity contribution in [2.24, 2.45) is 7.05 Å². The molecule has 0 aliphatic rings. The summed E-state index contributed by atoms with van der Waals surface area (Å²) in [4.78, 5) is 15.8. The van der Waals surface area contributed by atoms with Crippen molar-refractivity contribution in [1.29, 1.82) is 0 Å². The van der Waals surface area contributed by atoms with E-state index in [-0.39, 0.29) is 5.78 Å². The molecule has 0 bridgehead atoms. The zero-order valence-electron chi connectivity index (χ0n) is 8.08. The van der Waals surface area contributed by atoms with Crippen LogP contribution in [0.15, 0.2) is 24.5 Å². The van der Waals surface area contributed by atoms with Gasteiger partial charge in [0.25, 0.3) is 0 Å². The van der Waals surface area contributed by atoms with E-state index in [1.807, 2.05) is 0 Å². The van der Waals surface area contributed by atoms with Gasteiger partial charge < -0.3 is 5.73 Å². The summed E-state index contributed by atoms with van der Waals surface area (Å²) in [5.74, 6) is -0.220. The highest BCUT2D eigenvalue weighted by Gasteiger charge is 2.14. The molecule has 0 aliphatic heterocycles. The summed E-state index contributed by atoms with van der Waals surface area (Å²) in [6.07, 6.45) is 2.84. The molecule has 2 heterocycles. The Kier molecular flexibility index (Phi) is 2.17. The third-order valence-electron chi connectivity index (χ3n) is 1.97. The summed E-state index contributed by atoms with van der Waals surface area (Å²) in [6, 6.07) is 3.20. The topological polar surface area (TPSA) is 86.7 Å². The number of aryl methyl sites for hydroxylation is 1. The Balaban J connectivity index is 2.37. The van der Waals surface area contributed by atoms with E-state index in [1.165, 1.54) is 17.1 Å². The molecule has 0 radical (unpaired) electrons. The van der Waals surface area contributed by atoms with Crippen molar-refractivity contribution < 1.29 is 4.79 Å². The predicted octanol–water partition coefficient (Wildman–Crippen LogP) is 0.0233. The number of nitrogen functional groups attached to an aromatic ring is 1. The van der Waals surface area contributed by atoms with Crippen molar-refractivity contribution in [3.8, 4) is 0 Å². The molecule has 0 amide bonds. The van der Waals surface area contributed by atoms with Crippen LogP contribution in [0, 0.1) is 0 Å². The summed E-state index contributed by atoms with van der Waals surface area (Å²) in [5.41, 5.74) is 6.72. The first-order valence-corrected chi connectivity index (χ1v) is 4.29. The first-order valence-electron chi connectivity index (χ1n) is 4.29. The van der Waals surface area contributed by atoms with Crippen LogP contribution in [-0.2, 0) is 7.05 Å². The zero-order chi connectivity index (χ0) is 10.8. The first kappa shape index (κ1) is 9.32. The highest BCUT2D eigenvalue weighted by Crippen LogP contribution is 2.07. The van der Waals surface area contributed by atoms with Gasteiger partial charge in [0.1, 0.15) is 11.4 Å². The molecule has 0 atom stereocenters. The quantitative estimate of drug-likeness (QED) is 0.695. The minimum absolute atomic E-state index is 0.220. The minimum Gasteiger partial charge on any atom is -0.397 e. The zero-order valence-corrected chi connectivity index (χ0v) is 8.08. The summed E-state index contributed by atoms with van der Waals surface area (Å²) < 4.78 is 1.40. The third-order valence-corrected chi connectivity index (χ3v) is 1.97. The number of aromatic nitrogens is 4. The Labute approximate surface area is 85.7 Å². The molecular weight excluding hydrogens is 194 g/mol. The van der Waals surface area contributed by atoms with E-state index in [4.69, 9.17) is 5.73 Å².